The van der Waals surface area contributed by atoms with E-state index in [1.165, 1.54) is 11.6 Å². The zero-order valence-corrected chi connectivity index (χ0v) is 8.51. The summed E-state index contributed by atoms with van der Waals surface area (Å²) in [6.07, 6.45) is -1.41. The summed E-state index contributed by atoms with van der Waals surface area (Å²) in [6, 6.07) is 7.50. The molecule has 0 saturated carbocycles. The van der Waals surface area contributed by atoms with E-state index in [0.717, 1.165) is 18.1 Å². The second-order valence-electron chi connectivity index (χ2n) is 3.32. The largest absolute Gasteiger partial charge is 0.392 e. The molecule has 1 aromatic rings. The summed E-state index contributed by atoms with van der Waals surface area (Å²) < 4.78 is 35.5. The van der Waals surface area contributed by atoms with E-state index < -0.39 is 12.6 Å². The number of hydrogen-bond donors (Lipinski definition) is 0. The molecule has 3 heteroatoms. The fourth-order valence-corrected chi connectivity index (χ4v) is 1.19. The standard InChI is InChI=1S/C12H13F3/c1-2-10-5-7-11(8-6-10)4-3-9-12(13,14)15/h3-8H,2,9H2,1H3. The molecule has 0 saturated heterocycles. The zero-order chi connectivity index (χ0) is 11.3. The average molecular weight is 214 g/mol. The van der Waals surface area contributed by atoms with Crippen LogP contribution in [0.5, 0.6) is 0 Å². The highest BCUT2D eigenvalue weighted by atomic mass is 19.4. The number of aryl methyl sites for hydroxylation is 1. The first-order valence-electron chi connectivity index (χ1n) is 4.83. The molecule has 0 N–H and O–H groups in total. The Bertz CT molecular complexity index is 320. The Morgan fingerprint density at radius 2 is 1.73 bits per heavy atom. The van der Waals surface area contributed by atoms with Crippen LogP contribution in [0, 0.1) is 0 Å². The minimum atomic E-state index is -4.11. The molecule has 82 valence electrons. The third-order valence-corrected chi connectivity index (χ3v) is 2.05. The average Bonchev–Trinajstić information content (AvgIpc) is 2.17. The molecular weight excluding hydrogens is 201 g/mol. The maximum Gasteiger partial charge on any atom is 0.392 e. The van der Waals surface area contributed by atoms with Gasteiger partial charge in [0.05, 0.1) is 6.42 Å². The van der Waals surface area contributed by atoms with Crippen LogP contribution >= 0.6 is 0 Å². The second kappa shape index (κ2) is 5.01. The highest BCUT2D eigenvalue weighted by Crippen LogP contribution is 2.20. The Balaban J connectivity index is 2.57. The Morgan fingerprint density at radius 1 is 1.13 bits per heavy atom. The van der Waals surface area contributed by atoms with Crippen LogP contribution < -0.4 is 0 Å². The summed E-state index contributed by atoms with van der Waals surface area (Å²) in [4.78, 5) is 0. The van der Waals surface area contributed by atoms with Crippen LogP contribution in [-0.2, 0) is 6.42 Å². The molecule has 0 atom stereocenters. The van der Waals surface area contributed by atoms with Gasteiger partial charge >= 0.3 is 6.18 Å². The lowest BCUT2D eigenvalue weighted by atomic mass is 10.1. The number of allylic oxidation sites excluding steroid dienone is 1. The maximum absolute atomic E-state index is 11.8. The molecule has 0 radical (unpaired) electrons. The fraction of sp³-hybridized carbons (Fsp3) is 0.333. The van der Waals surface area contributed by atoms with E-state index in [9.17, 15) is 13.2 Å². The Labute approximate surface area is 87.4 Å². The summed E-state index contributed by atoms with van der Waals surface area (Å²) in [5.74, 6) is 0. The van der Waals surface area contributed by atoms with Crippen LogP contribution in [0.15, 0.2) is 30.3 Å². The van der Waals surface area contributed by atoms with Gasteiger partial charge in [0.15, 0.2) is 0 Å². The minimum absolute atomic E-state index is 0.802. The van der Waals surface area contributed by atoms with Crippen molar-refractivity contribution < 1.29 is 13.2 Å². The van der Waals surface area contributed by atoms with Crippen LogP contribution in [0.3, 0.4) is 0 Å². The van der Waals surface area contributed by atoms with Crippen LogP contribution in [0.4, 0.5) is 13.2 Å². The maximum atomic E-state index is 11.8. The van der Waals surface area contributed by atoms with Crippen LogP contribution in [-0.4, -0.2) is 6.18 Å². The smallest absolute Gasteiger partial charge is 0.171 e. The summed E-state index contributed by atoms with van der Waals surface area (Å²) >= 11 is 0. The first-order valence-corrected chi connectivity index (χ1v) is 4.83. The molecule has 1 aromatic carbocycles. The van der Waals surface area contributed by atoms with Gasteiger partial charge in [-0.1, -0.05) is 43.3 Å². The molecule has 0 aliphatic carbocycles. The highest BCUT2D eigenvalue weighted by molar-refractivity contribution is 5.49. The monoisotopic (exact) mass is 214 g/mol. The normalized spacial score (nSPS) is 12.3. The van der Waals surface area contributed by atoms with E-state index in [1.54, 1.807) is 0 Å². The van der Waals surface area contributed by atoms with Crippen molar-refractivity contribution >= 4 is 6.08 Å². The molecular formula is C12H13F3. The molecule has 0 aromatic heterocycles. The topological polar surface area (TPSA) is 0 Å². The van der Waals surface area contributed by atoms with Crippen molar-refractivity contribution in [3.8, 4) is 0 Å². The van der Waals surface area contributed by atoms with Gasteiger partial charge in [-0.25, -0.2) is 0 Å². The quantitative estimate of drug-likeness (QED) is 0.706. The molecule has 0 bridgehead atoms. The van der Waals surface area contributed by atoms with Gasteiger partial charge in [0.1, 0.15) is 0 Å². The molecule has 0 aliphatic heterocycles. The summed E-state index contributed by atoms with van der Waals surface area (Å²) in [5, 5.41) is 0. The van der Waals surface area contributed by atoms with Gasteiger partial charge in [0, 0.05) is 0 Å². The predicted molar refractivity (Wildman–Crippen MR) is 55.5 cm³/mol. The minimum Gasteiger partial charge on any atom is -0.171 e. The van der Waals surface area contributed by atoms with Gasteiger partial charge in [-0.05, 0) is 17.5 Å². The van der Waals surface area contributed by atoms with Crippen molar-refractivity contribution in [2.75, 3.05) is 0 Å². The van der Waals surface area contributed by atoms with Crippen molar-refractivity contribution in [2.24, 2.45) is 0 Å². The van der Waals surface area contributed by atoms with Gasteiger partial charge in [0.2, 0.25) is 0 Å². The number of hydrogen-bond acceptors (Lipinski definition) is 0. The lowest BCUT2D eigenvalue weighted by Crippen LogP contribution is -2.03. The first-order chi connectivity index (χ1) is 7.01. The number of alkyl halides is 3. The van der Waals surface area contributed by atoms with Crippen molar-refractivity contribution in [2.45, 2.75) is 25.9 Å². The summed E-state index contributed by atoms with van der Waals surface area (Å²) in [5.41, 5.74) is 1.99. The van der Waals surface area contributed by atoms with Crippen molar-refractivity contribution in [1.82, 2.24) is 0 Å². The molecule has 0 heterocycles. The second-order valence-corrected chi connectivity index (χ2v) is 3.32. The van der Waals surface area contributed by atoms with Gasteiger partial charge in [0.25, 0.3) is 0 Å². The van der Waals surface area contributed by atoms with E-state index in [-0.39, 0.29) is 0 Å². The van der Waals surface area contributed by atoms with E-state index in [1.807, 2.05) is 31.2 Å². The molecule has 1 rings (SSSR count). The molecule has 0 nitrogen and oxygen atoms in total. The molecule has 0 unspecified atom stereocenters. The lowest BCUT2D eigenvalue weighted by molar-refractivity contribution is -0.124. The van der Waals surface area contributed by atoms with E-state index >= 15 is 0 Å². The van der Waals surface area contributed by atoms with E-state index in [4.69, 9.17) is 0 Å². The van der Waals surface area contributed by atoms with Crippen molar-refractivity contribution in [3.63, 3.8) is 0 Å². The summed E-state index contributed by atoms with van der Waals surface area (Å²) in [6.45, 7) is 2.04. The van der Waals surface area contributed by atoms with Gasteiger partial charge in [-0.15, -0.1) is 0 Å². The molecule has 0 aliphatic rings. The van der Waals surface area contributed by atoms with E-state index in [2.05, 4.69) is 0 Å². The van der Waals surface area contributed by atoms with Crippen LogP contribution in [0.25, 0.3) is 6.08 Å². The van der Waals surface area contributed by atoms with Crippen molar-refractivity contribution in [3.05, 3.63) is 41.5 Å². The molecule has 15 heavy (non-hydrogen) atoms. The fourth-order valence-electron chi connectivity index (χ4n) is 1.19. The van der Waals surface area contributed by atoms with Crippen LogP contribution in [0.2, 0.25) is 0 Å². The Kier molecular flexibility index (Phi) is 3.95. The number of benzene rings is 1. The lowest BCUT2D eigenvalue weighted by Gasteiger charge is -2.01. The Morgan fingerprint density at radius 3 is 2.20 bits per heavy atom. The first kappa shape index (κ1) is 11.8. The highest BCUT2D eigenvalue weighted by Gasteiger charge is 2.24. The number of rotatable bonds is 3. The predicted octanol–water partition coefficient (Wildman–Crippen LogP) is 4.21. The SMILES string of the molecule is CCc1ccc(C=CCC(F)(F)F)cc1. The molecule has 0 fully saturated rings. The van der Waals surface area contributed by atoms with Gasteiger partial charge in [-0.3, -0.25) is 0 Å². The zero-order valence-electron chi connectivity index (χ0n) is 8.51. The number of halogens is 3. The third-order valence-electron chi connectivity index (χ3n) is 2.05. The van der Waals surface area contributed by atoms with E-state index in [0.29, 0.717) is 0 Å². The summed E-state index contributed by atoms with van der Waals surface area (Å²) in [7, 11) is 0. The van der Waals surface area contributed by atoms with Crippen molar-refractivity contribution in [1.29, 1.82) is 0 Å². The van der Waals surface area contributed by atoms with Gasteiger partial charge in [-0.2, -0.15) is 13.2 Å². The molecule has 0 amide bonds. The Hall–Kier alpha value is -1.25. The molecule has 0 spiro atoms. The van der Waals surface area contributed by atoms with Gasteiger partial charge < -0.3 is 0 Å². The van der Waals surface area contributed by atoms with Crippen LogP contribution in [0.1, 0.15) is 24.5 Å². The third kappa shape index (κ3) is 4.68.